The SMILES string of the molecule is CN(C(=O)c1ccccc1)c1ccn[nH]1. The van der Waals surface area contributed by atoms with E-state index in [2.05, 4.69) is 10.2 Å². The van der Waals surface area contributed by atoms with E-state index in [0.717, 1.165) is 0 Å². The van der Waals surface area contributed by atoms with Gasteiger partial charge >= 0.3 is 0 Å². The van der Waals surface area contributed by atoms with Crippen LogP contribution in [0.1, 0.15) is 10.4 Å². The number of H-pyrrole nitrogens is 1. The van der Waals surface area contributed by atoms with Gasteiger partial charge in [-0.25, -0.2) is 0 Å². The highest BCUT2D eigenvalue weighted by atomic mass is 16.2. The second kappa shape index (κ2) is 3.96. The van der Waals surface area contributed by atoms with Crippen LogP contribution in [0.25, 0.3) is 0 Å². The second-order valence-corrected chi connectivity index (χ2v) is 3.17. The van der Waals surface area contributed by atoms with E-state index in [4.69, 9.17) is 0 Å². The Kier molecular flexibility index (Phi) is 2.49. The number of rotatable bonds is 2. The summed E-state index contributed by atoms with van der Waals surface area (Å²) in [5.41, 5.74) is 0.662. The number of hydrogen-bond acceptors (Lipinski definition) is 2. The monoisotopic (exact) mass is 201 g/mol. The van der Waals surface area contributed by atoms with Crippen molar-refractivity contribution < 1.29 is 4.79 Å². The van der Waals surface area contributed by atoms with E-state index in [0.29, 0.717) is 11.4 Å². The molecule has 0 aliphatic carbocycles. The molecule has 1 heterocycles. The van der Waals surface area contributed by atoms with Gasteiger partial charge in [-0.2, -0.15) is 5.10 Å². The van der Waals surface area contributed by atoms with Crippen LogP contribution < -0.4 is 4.90 Å². The van der Waals surface area contributed by atoms with Crippen molar-refractivity contribution in [3.8, 4) is 0 Å². The molecule has 1 amide bonds. The highest BCUT2D eigenvalue weighted by molar-refractivity contribution is 6.05. The summed E-state index contributed by atoms with van der Waals surface area (Å²) in [6, 6.07) is 10.9. The summed E-state index contributed by atoms with van der Waals surface area (Å²) in [6.45, 7) is 0. The van der Waals surface area contributed by atoms with Crippen LogP contribution in [-0.2, 0) is 0 Å². The molecule has 2 aromatic rings. The summed E-state index contributed by atoms with van der Waals surface area (Å²) in [5, 5.41) is 6.54. The molecule has 0 atom stereocenters. The molecule has 0 saturated carbocycles. The van der Waals surface area contributed by atoms with Crippen LogP contribution in [0.15, 0.2) is 42.6 Å². The zero-order chi connectivity index (χ0) is 10.7. The van der Waals surface area contributed by atoms with Crippen LogP contribution in [0.2, 0.25) is 0 Å². The highest BCUT2D eigenvalue weighted by Gasteiger charge is 2.13. The minimum atomic E-state index is -0.0557. The lowest BCUT2D eigenvalue weighted by Gasteiger charge is -2.14. The zero-order valence-corrected chi connectivity index (χ0v) is 8.34. The molecular weight excluding hydrogens is 190 g/mol. The molecule has 0 fully saturated rings. The van der Waals surface area contributed by atoms with Crippen LogP contribution in [0.5, 0.6) is 0 Å². The number of carbonyl (C=O) groups excluding carboxylic acids is 1. The second-order valence-electron chi connectivity index (χ2n) is 3.17. The Morgan fingerprint density at radius 3 is 2.60 bits per heavy atom. The summed E-state index contributed by atoms with van der Waals surface area (Å²) < 4.78 is 0. The first kappa shape index (κ1) is 9.45. The maximum absolute atomic E-state index is 11.9. The molecule has 4 heteroatoms. The molecule has 2 rings (SSSR count). The van der Waals surface area contributed by atoms with E-state index in [1.165, 1.54) is 4.90 Å². The maximum Gasteiger partial charge on any atom is 0.259 e. The van der Waals surface area contributed by atoms with Crippen molar-refractivity contribution >= 4 is 11.7 Å². The largest absolute Gasteiger partial charge is 0.296 e. The van der Waals surface area contributed by atoms with E-state index < -0.39 is 0 Å². The van der Waals surface area contributed by atoms with E-state index in [1.807, 2.05) is 18.2 Å². The lowest BCUT2D eigenvalue weighted by molar-refractivity contribution is 0.0992. The normalized spacial score (nSPS) is 9.93. The van der Waals surface area contributed by atoms with Gasteiger partial charge in [0.25, 0.3) is 5.91 Å². The summed E-state index contributed by atoms with van der Waals surface area (Å²) >= 11 is 0. The Labute approximate surface area is 87.5 Å². The van der Waals surface area contributed by atoms with Crippen LogP contribution >= 0.6 is 0 Å². The molecule has 0 aliphatic rings. The maximum atomic E-state index is 11.9. The molecular formula is C11H11N3O. The van der Waals surface area contributed by atoms with E-state index in [-0.39, 0.29) is 5.91 Å². The molecule has 0 bridgehead atoms. The molecule has 0 saturated heterocycles. The number of aromatic nitrogens is 2. The minimum absolute atomic E-state index is 0.0557. The lowest BCUT2D eigenvalue weighted by Crippen LogP contribution is -2.26. The molecule has 1 aromatic carbocycles. The zero-order valence-electron chi connectivity index (χ0n) is 8.34. The van der Waals surface area contributed by atoms with Gasteiger partial charge in [-0.1, -0.05) is 18.2 Å². The summed E-state index contributed by atoms with van der Waals surface area (Å²) in [5.74, 6) is 0.628. The first-order valence-electron chi connectivity index (χ1n) is 4.61. The third-order valence-corrected chi connectivity index (χ3v) is 2.17. The summed E-state index contributed by atoms with van der Waals surface area (Å²) in [6.07, 6.45) is 1.62. The molecule has 0 unspecified atom stereocenters. The van der Waals surface area contributed by atoms with E-state index >= 15 is 0 Å². The van der Waals surface area contributed by atoms with Gasteiger partial charge in [0.05, 0.1) is 6.20 Å². The average molecular weight is 201 g/mol. The van der Waals surface area contributed by atoms with Crippen molar-refractivity contribution in [1.82, 2.24) is 10.2 Å². The van der Waals surface area contributed by atoms with Gasteiger partial charge in [0.2, 0.25) is 0 Å². The summed E-state index contributed by atoms with van der Waals surface area (Å²) in [7, 11) is 1.71. The number of anilines is 1. The Morgan fingerprint density at radius 1 is 1.27 bits per heavy atom. The average Bonchev–Trinajstić information content (AvgIpc) is 2.82. The topological polar surface area (TPSA) is 49.0 Å². The van der Waals surface area contributed by atoms with Crippen molar-refractivity contribution in [2.45, 2.75) is 0 Å². The van der Waals surface area contributed by atoms with Crippen LogP contribution in [0, 0.1) is 0 Å². The number of benzene rings is 1. The molecule has 1 aromatic heterocycles. The Bertz CT molecular complexity index is 436. The van der Waals surface area contributed by atoms with Crippen LogP contribution in [0.3, 0.4) is 0 Å². The van der Waals surface area contributed by atoms with Crippen molar-refractivity contribution in [2.75, 3.05) is 11.9 Å². The van der Waals surface area contributed by atoms with Crippen molar-refractivity contribution in [3.05, 3.63) is 48.2 Å². The van der Waals surface area contributed by atoms with Gasteiger partial charge in [0.1, 0.15) is 5.82 Å². The summed E-state index contributed by atoms with van der Waals surface area (Å²) in [4.78, 5) is 13.5. The number of nitrogens with one attached hydrogen (secondary N) is 1. The molecule has 0 spiro atoms. The molecule has 1 N–H and O–H groups in total. The number of nitrogens with zero attached hydrogens (tertiary/aromatic N) is 2. The number of aromatic amines is 1. The number of amides is 1. The lowest BCUT2D eigenvalue weighted by atomic mass is 10.2. The van der Waals surface area contributed by atoms with Crippen LogP contribution in [0.4, 0.5) is 5.82 Å². The predicted molar refractivity (Wildman–Crippen MR) is 57.8 cm³/mol. The van der Waals surface area contributed by atoms with E-state index in [9.17, 15) is 4.79 Å². The number of carbonyl (C=O) groups is 1. The Morgan fingerprint density at radius 2 is 2.00 bits per heavy atom. The van der Waals surface area contributed by atoms with Gasteiger partial charge in [0, 0.05) is 18.7 Å². The van der Waals surface area contributed by atoms with Gasteiger partial charge in [0.15, 0.2) is 0 Å². The quantitative estimate of drug-likeness (QED) is 0.803. The standard InChI is InChI=1S/C11H11N3O/c1-14(10-7-8-12-13-10)11(15)9-5-3-2-4-6-9/h2-8H,1H3,(H,12,13). The van der Waals surface area contributed by atoms with Crippen molar-refractivity contribution in [3.63, 3.8) is 0 Å². The molecule has 15 heavy (non-hydrogen) atoms. The van der Waals surface area contributed by atoms with Crippen molar-refractivity contribution in [1.29, 1.82) is 0 Å². The number of hydrogen-bond donors (Lipinski definition) is 1. The molecule has 0 radical (unpaired) electrons. The van der Waals surface area contributed by atoms with Gasteiger partial charge in [-0.15, -0.1) is 0 Å². The van der Waals surface area contributed by atoms with Gasteiger partial charge in [-0.3, -0.25) is 14.8 Å². The smallest absolute Gasteiger partial charge is 0.259 e. The highest BCUT2D eigenvalue weighted by Crippen LogP contribution is 2.10. The first-order valence-corrected chi connectivity index (χ1v) is 4.61. The first-order chi connectivity index (χ1) is 7.29. The molecule has 4 nitrogen and oxygen atoms in total. The van der Waals surface area contributed by atoms with Crippen LogP contribution in [-0.4, -0.2) is 23.2 Å². The minimum Gasteiger partial charge on any atom is -0.296 e. The molecule has 76 valence electrons. The fourth-order valence-corrected chi connectivity index (χ4v) is 1.32. The Hall–Kier alpha value is -2.10. The fourth-order valence-electron chi connectivity index (χ4n) is 1.32. The van der Waals surface area contributed by atoms with Gasteiger partial charge in [-0.05, 0) is 12.1 Å². The third-order valence-electron chi connectivity index (χ3n) is 2.17. The van der Waals surface area contributed by atoms with E-state index in [1.54, 1.807) is 31.4 Å². The molecule has 0 aliphatic heterocycles. The predicted octanol–water partition coefficient (Wildman–Crippen LogP) is 1.69. The van der Waals surface area contributed by atoms with Gasteiger partial charge < -0.3 is 0 Å². The third kappa shape index (κ3) is 1.88. The fraction of sp³-hybridized carbons (Fsp3) is 0.0909. The van der Waals surface area contributed by atoms with Crippen molar-refractivity contribution in [2.24, 2.45) is 0 Å². The Balaban J connectivity index is 2.23.